The van der Waals surface area contributed by atoms with Crippen LogP contribution in [0.15, 0.2) is 91.0 Å². The monoisotopic (exact) mass is 1070 g/mol. The lowest BCUT2D eigenvalue weighted by Crippen LogP contribution is -2.07. The smallest absolute Gasteiger partial charge is 0.195 e. The number of fused-ring (bicyclic) bond motifs is 10. The number of nitrogens with zero attached hydrogens (tertiary/aromatic N) is 5. The van der Waals surface area contributed by atoms with Crippen LogP contribution in [-0.2, 0) is 0 Å². The van der Waals surface area contributed by atoms with Gasteiger partial charge in [0.1, 0.15) is 28.7 Å². The molecule has 1 aliphatic rings. The van der Waals surface area contributed by atoms with Gasteiger partial charge in [-0.05, 0) is 188 Å². The van der Waals surface area contributed by atoms with Gasteiger partial charge in [0, 0.05) is 0 Å². The molecule has 0 amide bonds. The van der Waals surface area contributed by atoms with Crippen LogP contribution in [0.4, 0.5) is 0 Å². The molecular weight excluding hydrogens is 991 g/mol. The van der Waals surface area contributed by atoms with Gasteiger partial charge >= 0.3 is 0 Å². The largest absolute Gasteiger partial charge is 0.493 e. The van der Waals surface area contributed by atoms with E-state index in [2.05, 4.69) is 95.9 Å². The molecule has 10 bridgehead atoms. The Labute approximate surface area is 476 Å². The van der Waals surface area contributed by atoms with E-state index >= 15 is 0 Å². The van der Waals surface area contributed by atoms with E-state index in [1.165, 1.54) is 0 Å². The zero-order valence-electron chi connectivity index (χ0n) is 48.3. The molecule has 1 aliphatic carbocycles. The number of hydrogen-bond donors (Lipinski definition) is 0. The van der Waals surface area contributed by atoms with E-state index in [1.54, 1.807) is 30.4 Å². The third-order valence-corrected chi connectivity index (χ3v) is 14.4. The molecule has 0 unspecified atom stereocenters. The minimum Gasteiger partial charge on any atom is -0.493 e. The van der Waals surface area contributed by atoms with E-state index in [9.17, 15) is 10.5 Å². The molecule has 0 spiro atoms. The number of allylic oxidation sites excluding steroid dienone is 2. The predicted molar refractivity (Wildman–Crippen MR) is 327 cm³/mol. The average Bonchev–Trinajstić information content (AvgIpc) is 3.48. The van der Waals surface area contributed by atoms with Crippen LogP contribution in [0.1, 0.15) is 157 Å². The molecule has 0 saturated carbocycles. The summed E-state index contributed by atoms with van der Waals surface area (Å²) >= 11 is 0. The molecule has 0 radical (unpaired) electrons. The van der Waals surface area contributed by atoms with Crippen molar-refractivity contribution in [1.29, 1.82) is 10.5 Å². The van der Waals surface area contributed by atoms with Gasteiger partial charge in [0.2, 0.25) is 0 Å². The van der Waals surface area contributed by atoms with Crippen LogP contribution < -0.4 is 23.7 Å². The minimum absolute atomic E-state index is 0.256. The number of hydrogen-bond acceptors (Lipinski definition) is 7. The summed E-state index contributed by atoms with van der Waals surface area (Å²) in [6, 6.07) is 32.9. The fourth-order valence-electron chi connectivity index (χ4n) is 8.19. The zero-order valence-corrected chi connectivity index (χ0v) is 48.3. The van der Waals surface area contributed by atoms with Gasteiger partial charge in [0.05, 0.1) is 76.0 Å². The van der Waals surface area contributed by atoms with Crippen molar-refractivity contribution in [2.24, 2.45) is 29.6 Å². The SMILES string of the molecule is [C-]#[N+]C1=Cc2cc(OC[C@@H](C)CC)cc(c2)C(C#N)=Cc2cc(OC[C@@H](C)CC)cc(c2)C(C#N)=Cc2cc(OC[C@@H](C)CC)cc(c2)C([N+]#[C-])=Cc2cc(OC[C@@H](C)CC)cc(c2)C([N+]#[C-])=Cc2cc(OC[C@@H](C)CC)cc1c2. The van der Waals surface area contributed by atoms with Crippen LogP contribution in [-0.4, -0.2) is 33.0 Å². The molecule has 0 saturated heterocycles. The van der Waals surface area contributed by atoms with Gasteiger partial charge in [-0.2, -0.15) is 10.5 Å². The highest BCUT2D eigenvalue weighted by Gasteiger charge is 2.17. The van der Waals surface area contributed by atoms with Crippen molar-refractivity contribution in [2.75, 3.05) is 33.0 Å². The molecule has 0 aromatic heterocycles. The van der Waals surface area contributed by atoms with Gasteiger partial charge in [0.15, 0.2) is 17.1 Å². The molecule has 10 heteroatoms. The summed E-state index contributed by atoms with van der Waals surface area (Å²) < 4.78 is 32.2. The fourth-order valence-corrected chi connectivity index (χ4v) is 8.19. The molecular formula is C70H75N5O5. The molecule has 5 atom stereocenters. The van der Waals surface area contributed by atoms with Crippen LogP contribution in [0.25, 0.3) is 73.2 Å². The van der Waals surface area contributed by atoms with Gasteiger partial charge in [0.25, 0.3) is 0 Å². The van der Waals surface area contributed by atoms with Crippen LogP contribution in [0.3, 0.4) is 0 Å². The first-order valence-corrected chi connectivity index (χ1v) is 28.1. The van der Waals surface area contributed by atoms with Crippen molar-refractivity contribution in [2.45, 2.75) is 101 Å². The Kier molecular flexibility index (Phi) is 22.6. The van der Waals surface area contributed by atoms with Gasteiger partial charge in [-0.15, -0.1) is 0 Å². The fraction of sp³-hybridized carbons (Fsp3) is 0.357. The van der Waals surface area contributed by atoms with Gasteiger partial charge < -0.3 is 23.7 Å². The normalized spacial score (nSPS) is 14.2. The van der Waals surface area contributed by atoms with E-state index in [0.717, 1.165) is 32.1 Å². The Morgan fingerprint density at radius 2 is 0.550 bits per heavy atom. The zero-order chi connectivity index (χ0) is 57.7. The highest BCUT2D eigenvalue weighted by Crippen LogP contribution is 2.36. The number of ether oxygens (including phenoxy) is 5. The summed E-state index contributed by atoms with van der Waals surface area (Å²) in [6.45, 7) is 49.2. The highest BCUT2D eigenvalue weighted by atomic mass is 16.5. The molecule has 6 rings (SSSR count). The summed E-state index contributed by atoms with van der Waals surface area (Å²) in [5, 5.41) is 22.0. The lowest BCUT2D eigenvalue weighted by Gasteiger charge is -2.15. The van der Waals surface area contributed by atoms with Crippen molar-refractivity contribution < 1.29 is 23.7 Å². The lowest BCUT2D eigenvalue weighted by molar-refractivity contribution is 0.256. The third-order valence-electron chi connectivity index (χ3n) is 14.4. The maximum absolute atomic E-state index is 11.0. The van der Waals surface area contributed by atoms with Crippen molar-refractivity contribution in [3.05, 3.63) is 181 Å². The van der Waals surface area contributed by atoms with E-state index in [-0.39, 0.29) is 29.6 Å². The first kappa shape index (κ1) is 60.5. The second kappa shape index (κ2) is 29.8. The Morgan fingerprint density at radius 3 is 0.762 bits per heavy atom. The molecule has 10 nitrogen and oxygen atoms in total. The van der Waals surface area contributed by atoms with E-state index in [1.807, 2.05) is 91.0 Å². The second-order valence-electron chi connectivity index (χ2n) is 21.3. The standard InChI is InChI=1S/C70H75N5O5/c1-14-46(6)41-76-63-26-51-19-56(34-63)62(40-72)25-52-21-58(36-65(27-52)78-43-48(8)16-3)69(74-12)32-54-23-60(38-67(29-54)80-45-50(10)18-5)70(75-13)33-55-22-59(37-66(30-55)79-44-49(9)17-4)68(73-11)31-53-20-57(61(24-51)39-71)35-64(28-53)77-42-47(7)15-2/h19-38,46-50H,14-18,41-45H2,1-10H3/t46-,47-,48-,49-,50-/m0/s1. The van der Waals surface area contributed by atoms with Crippen LogP contribution in [0, 0.1) is 72.0 Å². The van der Waals surface area contributed by atoms with Gasteiger partial charge in [-0.1, -0.05) is 120 Å². The topological polar surface area (TPSA) is 107 Å². The van der Waals surface area contributed by atoms with Crippen LogP contribution >= 0.6 is 0 Å². The number of rotatable bonds is 20. The Balaban J connectivity index is 1.73. The van der Waals surface area contributed by atoms with Gasteiger partial charge in [-0.3, -0.25) is 0 Å². The molecule has 5 aromatic carbocycles. The number of nitriles is 2. The summed E-state index contributed by atoms with van der Waals surface area (Å²) in [6.07, 6.45) is 13.5. The minimum atomic E-state index is 0.256. The van der Waals surface area contributed by atoms with E-state index < -0.39 is 0 Å². The quantitative estimate of drug-likeness (QED) is 0.0715. The van der Waals surface area contributed by atoms with Gasteiger partial charge in [-0.25, -0.2) is 14.5 Å². The van der Waals surface area contributed by atoms with Crippen molar-refractivity contribution >= 4 is 58.6 Å². The first-order valence-electron chi connectivity index (χ1n) is 28.1. The summed E-state index contributed by atoms with van der Waals surface area (Å²) in [5.74, 6) is 3.99. The lowest BCUT2D eigenvalue weighted by atomic mass is 9.96. The van der Waals surface area contributed by atoms with E-state index in [0.29, 0.717) is 146 Å². The highest BCUT2D eigenvalue weighted by molar-refractivity contribution is 5.96. The molecule has 5 aromatic rings. The Morgan fingerprint density at radius 1 is 0.338 bits per heavy atom. The van der Waals surface area contributed by atoms with Crippen LogP contribution in [0.5, 0.6) is 28.7 Å². The van der Waals surface area contributed by atoms with Crippen molar-refractivity contribution in [1.82, 2.24) is 0 Å². The molecule has 0 fully saturated rings. The average molecular weight is 1070 g/mol. The Bertz CT molecular complexity index is 2860. The van der Waals surface area contributed by atoms with Crippen molar-refractivity contribution in [3.63, 3.8) is 0 Å². The summed E-state index contributed by atoms with van der Waals surface area (Å²) in [7, 11) is 0. The molecule has 0 aliphatic heterocycles. The summed E-state index contributed by atoms with van der Waals surface area (Å²) in [5.41, 5.74) is 7.56. The van der Waals surface area contributed by atoms with E-state index in [4.69, 9.17) is 43.4 Å². The molecule has 0 N–H and O–H groups in total. The molecule has 410 valence electrons. The summed E-state index contributed by atoms with van der Waals surface area (Å²) in [4.78, 5) is 12.2. The first-order chi connectivity index (χ1) is 38.6. The number of benzene rings is 5. The van der Waals surface area contributed by atoms with Crippen molar-refractivity contribution in [3.8, 4) is 40.9 Å². The maximum Gasteiger partial charge on any atom is 0.195 e. The second-order valence-corrected chi connectivity index (χ2v) is 21.3. The maximum atomic E-state index is 11.0. The Hall–Kier alpha value is -8.75. The molecule has 80 heavy (non-hydrogen) atoms. The van der Waals surface area contributed by atoms with Crippen LogP contribution in [0.2, 0.25) is 0 Å². The molecule has 0 heterocycles. The third kappa shape index (κ3) is 17.4. The predicted octanol–water partition coefficient (Wildman–Crippen LogP) is 18.5.